The molecule has 0 unspecified atom stereocenters. The molecule has 0 aromatic carbocycles. The van der Waals surface area contributed by atoms with Crippen LogP contribution in [0.3, 0.4) is 0 Å². The van der Waals surface area contributed by atoms with Crippen molar-refractivity contribution in [3.8, 4) is 0 Å². The van der Waals surface area contributed by atoms with Crippen molar-refractivity contribution in [2.75, 3.05) is 0 Å². The van der Waals surface area contributed by atoms with Gasteiger partial charge in [-0.3, -0.25) is 4.79 Å². The third kappa shape index (κ3) is 2.17. The van der Waals surface area contributed by atoms with E-state index in [4.69, 9.17) is 0 Å². The van der Waals surface area contributed by atoms with Crippen LogP contribution in [0.1, 0.15) is 17.6 Å². The van der Waals surface area contributed by atoms with Crippen LogP contribution in [-0.4, -0.2) is 4.98 Å². The van der Waals surface area contributed by atoms with E-state index in [0.717, 1.165) is 0 Å². The summed E-state index contributed by atoms with van der Waals surface area (Å²) in [5.41, 5.74) is -0.933. The van der Waals surface area contributed by atoms with E-state index >= 15 is 0 Å². The van der Waals surface area contributed by atoms with E-state index in [-0.39, 0.29) is 5.33 Å². The Morgan fingerprint density at radius 2 is 2.15 bits per heavy atom. The number of nitrogens with one attached hydrogen (secondary N) is 1. The lowest BCUT2D eigenvalue weighted by Gasteiger charge is -2.06. The molecular weight excluding hydrogens is 312 g/mol. The number of rotatable bonds is 2. The number of alkyl halides is 3. The molecule has 1 heterocycles. The summed E-state index contributed by atoms with van der Waals surface area (Å²) in [6.07, 6.45) is -1.40. The number of halogens is 4. The number of hydrogen-bond donors (Lipinski definition) is 1. The summed E-state index contributed by atoms with van der Waals surface area (Å²) in [6.45, 7) is 0. The van der Waals surface area contributed by atoms with Crippen molar-refractivity contribution in [3.63, 3.8) is 0 Å². The van der Waals surface area contributed by atoms with Crippen molar-refractivity contribution < 1.29 is 8.78 Å². The Balaban J connectivity index is 3.44. The van der Waals surface area contributed by atoms with Crippen LogP contribution in [-0.2, 0) is 5.33 Å². The van der Waals surface area contributed by atoms with Crippen molar-refractivity contribution in [3.05, 3.63) is 32.2 Å². The zero-order valence-corrected chi connectivity index (χ0v) is 9.45. The maximum atomic E-state index is 12.4. The highest BCUT2D eigenvalue weighted by molar-refractivity contribution is 9.10. The number of pyridine rings is 1. The van der Waals surface area contributed by atoms with Crippen molar-refractivity contribution in [1.82, 2.24) is 4.98 Å². The molecule has 0 bridgehead atoms. The molecule has 0 aliphatic heterocycles. The molecule has 72 valence electrons. The molecule has 0 radical (unpaired) electrons. The van der Waals surface area contributed by atoms with Gasteiger partial charge in [-0.1, -0.05) is 15.9 Å². The van der Waals surface area contributed by atoms with Crippen LogP contribution in [0.2, 0.25) is 0 Å². The number of H-pyrrole nitrogens is 1. The zero-order valence-electron chi connectivity index (χ0n) is 6.28. The van der Waals surface area contributed by atoms with E-state index in [1.807, 2.05) is 0 Å². The Kier molecular flexibility index (Phi) is 3.61. The van der Waals surface area contributed by atoms with Gasteiger partial charge in [0, 0.05) is 16.0 Å². The van der Waals surface area contributed by atoms with Crippen LogP contribution in [0.15, 0.2) is 15.5 Å². The molecule has 0 aliphatic rings. The van der Waals surface area contributed by atoms with Crippen LogP contribution in [0.4, 0.5) is 8.78 Å². The van der Waals surface area contributed by atoms with E-state index in [9.17, 15) is 13.6 Å². The van der Waals surface area contributed by atoms with Gasteiger partial charge in [-0.2, -0.15) is 0 Å². The molecule has 2 nitrogen and oxygen atoms in total. The van der Waals surface area contributed by atoms with Crippen LogP contribution in [0.25, 0.3) is 0 Å². The van der Waals surface area contributed by atoms with Crippen molar-refractivity contribution in [1.29, 1.82) is 0 Å². The van der Waals surface area contributed by atoms with Gasteiger partial charge >= 0.3 is 0 Å². The summed E-state index contributed by atoms with van der Waals surface area (Å²) in [5, 5.41) is 0.219. The molecule has 1 N–H and O–H groups in total. The highest BCUT2D eigenvalue weighted by Gasteiger charge is 2.18. The Hall–Kier alpha value is -0.230. The number of hydrogen-bond acceptors (Lipinski definition) is 1. The van der Waals surface area contributed by atoms with Gasteiger partial charge in [0.15, 0.2) is 0 Å². The molecule has 6 heteroatoms. The van der Waals surface area contributed by atoms with Crippen LogP contribution >= 0.6 is 31.9 Å². The van der Waals surface area contributed by atoms with Gasteiger partial charge < -0.3 is 4.98 Å². The second-order valence-electron chi connectivity index (χ2n) is 2.29. The minimum atomic E-state index is -2.76. The topological polar surface area (TPSA) is 32.9 Å². The molecule has 1 aromatic heterocycles. The Morgan fingerprint density at radius 3 is 2.54 bits per heavy atom. The fraction of sp³-hybridized carbons (Fsp3) is 0.286. The molecule has 0 spiro atoms. The summed E-state index contributed by atoms with van der Waals surface area (Å²) in [4.78, 5) is 13.2. The van der Waals surface area contributed by atoms with Gasteiger partial charge in [0.05, 0.1) is 5.56 Å². The molecule has 13 heavy (non-hydrogen) atoms. The van der Waals surface area contributed by atoms with E-state index in [1.165, 1.54) is 6.20 Å². The monoisotopic (exact) mass is 315 g/mol. The van der Waals surface area contributed by atoms with Gasteiger partial charge in [0.25, 0.3) is 12.0 Å². The zero-order chi connectivity index (χ0) is 10.0. The number of aromatic amines is 1. The minimum Gasteiger partial charge on any atom is -0.328 e. The third-order valence-electron chi connectivity index (χ3n) is 1.54. The summed E-state index contributed by atoms with van der Waals surface area (Å²) in [6, 6.07) is 0. The second kappa shape index (κ2) is 4.32. The van der Waals surface area contributed by atoms with E-state index in [2.05, 4.69) is 36.8 Å². The Bertz CT molecular complexity index is 364. The largest absolute Gasteiger partial charge is 0.328 e. The first-order valence-corrected chi connectivity index (χ1v) is 5.23. The van der Waals surface area contributed by atoms with Crippen LogP contribution in [0, 0.1) is 0 Å². The fourth-order valence-corrected chi connectivity index (χ4v) is 2.37. The third-order valence-corrected chi connectivity index (χ3v) is 2.81. The van der Waals surface area contributed by atoms with E-state index in [0.29, 0.717) is 10.0 Å². The SMILES string of the molecule is O=c1[nH]cc(Br)c(CBr)c1C(F)F. The van der Waals surface area contributed by atoms with Crippen molar-refractivity contribution >= 4 is 31.9 Å². The molecule has 1 rings (SSSR count). The van der Waals surface area contributed by atoms with E-state index < -0.39 is 17.5 Å². The minimum absolute atomic E-state index is 0.219. The molecule has 0 aliphatic carbocycles. The Labute approximate surface area is 89.6 Å². The highest BCUT2D eigenvalue weighted by atomic mass is 79.9. The molecule has 0 atom stereocenters. The lowest BCUT2D eigenvalue weighted by molar-refractivity contribution is 0.148. The highest BCUT2D eigenvalue weighted by Crippen LogP contribution is 2.26. The van der Waals surface area contributed by atoms with Crippen molar-refractivity contribution in [2.45, 2.75) is 11.8 Å². The molecule has 0 amide bonds. The first-order chi connectivity index (χ1) is 6.07. The number of aromatic nitrogens is 1. The molecule has 0 saturated carbocycles. The van der Waals surface area contributed by atoms with E-state index in [1.54, 1.807) is 0 Å². The molecule has 0 fully saturated rings. The van der Waals surface area contributed by atoms with Gasteiger partial charge in [0.2, 0.25) is 0 Å². The fourth-order valence-electron chi connectivity index (χ4n) is 0.926. The lowest BCUT2D eigenvalue weighted by Crippen LogP contribution is -2.15. The standard InChI is InChI=1S/C7H5Br2F2NO/c8-1-3-4(9)2-12-7(13)5(3)6(10)11/h2,6H,1H2,(H,12,13). The van der Waals surface area contributed by atoms with Crippen LogP contribution < -0.4 is 5.56 Å². The first kappa shape index (κ1) is 10.8. The normalized spacial score (nSPS) is 10.8. The Morgan fingerprint density at radius 1 is 1.54 bits per heavy atom. The predicted molar refractivity (Wildman–Crippen MR) is 52.4 cm³/mol. The van der Waals surface area contributed by atoms with Crippen molar-refractivity contribution in [2.24, 2.45) is 0 Å². The van der Waals surface area contributed by atoms with Gasteiger partial charge in [-0.05, 0) is 21.5 Å². The van der Waals surface area contributed by atoms with Crippen LogP contribution in [0.5, 0.6) is 0 Å². The maximum absolute atomic E-state index is 12.4. The van der Waals surface area contributed by atoms with Gasteiger partial charge in [-0.25, -0.2) is 8.78 Å². The molecule has 1 aromatic rings. The van der Waals surface area contributed by atoms with Gasteiger partial charge in [-0.15, -0.1) is 0 Å². The lowest BCUT2D eigenvalue weighted by atomic mass is 10.2. The average Bonchev–Trinajstić information content (AvgIpc) is 2.07. The average molecular weight is 317 g/mol. The summed E-state index contributed by atoms with van der Waals surface area (Å²) in [5.74, 6) is 0. The maximum Gasteiger partial charge on any atom is 0.269 e. The summed E-state index contributed by atoms with van der Waals surface area (Å²) >= 11 is 6.12. The summed E-state index contributed by atoms with van der Waals surface area (Å²) < 4.78 is 25.3. The first-order valence-electron chi connectivity index (χ1n) is 3.32. The summed E-state index contributed by atoms with van der Waals surface area (Å²) in [7, 11) is 0. The van der Waals surface area contributed by atoms with Gasteiger partial charge in [0.1, 0.15) is 0 Å². The molecule has 0 saturated heterocycles. The smallest absolute Gasteiger partial charge is 0.269 e. The quantitative estimate of drug-likeness (QED) is 0.836. The predicted octanol–water partition coefficient (Wildman–Crippen LogP) is 2.97. The second-order valence-corrected chi connectivity index (χ2v) is 3.71. The molecular formula is C7H5Br2F2NO.